The molecule has 0 saturated carbocycles. The molecule has 0 fully saturated rings. The smallest absolute Gasteiger partial charge is 0.337 e. The van der Waals surface area contributed by atoms with E-state index in [0.717, 1.165) is 22.1 Å². The van der Waals surface area contributed by atoms with E-state index >= 15 is 0 Å². The number of methoxy groups -OCH3 is 1. The first-order chi connectivity index (χ1) is 9.29. The van der Waals surface area contributed by atoms with Gasteiger partial charge in [-0.2, -0.15) is 0 Å². The molecule has 0 unspecified atom stereocenters. The zero-order valence-corrected chi connectivity index (χ0v) is 10.4. The Morgan fingerprint density at radius 3 is 2.63 bits per heavy atom. The Morgan fingerprint density at radius 2 is 1.89 bits per heavy atom. The largest absolute Gasteiger partial charge is 0.465 e. The van der Waals surface area contributed by atoms with Gasteiger partial charge in [0.2, 0.25) is 0 Å². The van der Waals surface area contributed by atoms with Crippen LogP contribution in [-0.2, 0) is 4.74 Å². The number of furan rings is 1. The Bertz CT molecular complexity index is 726. The summed E-state index contributed by atoms with van der Waals surface area (Å²) in [7, 11) is 1.38. The van der Waals surface area contributed by atoms with E-state index in [1.165, 1.54) is 7.11 Å². The van der Waals surface area contributed by atoms with Crippen molar-refractivity contribution in [2.24, 2.45) is 0 Å². The number of carbonyl (C=O) groups excluding carboxylic acids is 1. The maximum absolute atomic E-state index is 11.6. The number of ether oxygens (including phenoxy) is 1. The van der Waals surface area contributed by atoms with Crippen molar-refractivity contribution in [3.8, 4) is 11.1 Å². The lowest BCUT2D eigenvalue weighted by molar-refractivity contribution is 0.0601. The van der Waals surface area contributed by atoms with Crippen LogP contribution in [-0.4, -0.2) is 13.1 Å². The van der Waals surface area contributed by atoms with Gasteiger partial charge in [0.05, 0.1) is 18.9 Å². The van der Waals surface area contributed by atoms with Crippen LogP contribution in [0.3, 0.4) is 0 Å². The molecule has 3 nitrogen and oxygen atoms in total. The highest BCUT2D eigenvalue weighted by atomic mass is 16.5. The van der Waals surface area contributed by atoms with E-state index in [9.17, 15) is 4.79 Å². The summed E-state index contributed by atoms with van der Waals surface area (Å²) in [4.78, 5) is 11.6. The Hall–Kier alpha value is -2.55. The summed E-state index contributed by atoms with van der Waals surface area (Å²) < 4.78 is 10.3. The number of esters is 1. The summed E-state index contributed by atoms with van der Waals surface area (Å²) in [5.74, 6) is -0.345. The molecule has 94 valence electrons. The molecule has 3 aromatic rings. The maximum atomic E-state index is 11.6. The van der Waals surface area contributed by atoms with Crippen molar-refractivity contribution in [1.29, 1.82) is 0 Å². The van der Waals surface area contributed by atoms with E-state index < -0.39 is 0 Å². The van der Waals surface area contributed by atoms with Crippen LogP contribution in [0, 0.1) is 0 Å². The van der Waals surface area contributed by atoms with Crippen molar-refractivity contribution in [2.75, 3.05) is 7.11 Å². The van der Waals surface area contributed by atoms with Gasteiger partial charge in [-0.15, -0.1) is 0 Å². The van der Waals surface area contributed by atoms with Gasteiger partial charge in [-0.25, -0.2) is 4.79 Å². The van der Waals surface area contributed by atoms with Crippen molar-refractivity contribution in [3.63, 3.8) is 0 Å². The molecule has 0 saturated heterocycles. The molecule has 3 heteroatoms. The summed E-state index contributed by atoms with van der Waals surface area (Å²) in [5.41, 5.74) is 3.31. The first-order valence-corrected chi connectivity index (χ1v) is 5.94. The highest BCUT2D eigenvalue weighted by Crippen LogP contribution is 2.31. The normalized spacial score (nSPS) is 10.6. The summed E-state index contributed by atoms with van der Waals surface area (Å²) in [6, 6.07) is 15.2. The van der Waals surface area contributed by atoms with Crippen LogP contribution < -0.4 is 0 Å². The standard InChI is InChI=1S/C16H12O3/c1-18-16(17)12-7-8-15-13(9-12)14(10-19-15)11-5-3-2-4-6-11/h2-10H,1H3. The lowest BCUT2D eigenvalue weighted by Gasteiger charge is -2.01. The van der Waals surface area contributed by atoms with Crippen LogP contribution >= 0.6 is 0 Å². The number of hydrogen-bond donors (Lipinski definition) is 0. The van der Waals surface area contributed by atoms with E-state index in [-0.39, 0.29) is 5.97 Å². The number of hydrogen-bond acceptors (Lipinski definition) is 3. The highest BCUT2D eigenvalue weighted by Gasteiger charge is 2.12. The number of carbonyl (C=O) groups is 1. The third kappa shape index (κ3) is 1.99. The zero-order chi connectivity index (χ0) is 13.2. The van der Waals surface area contributed by atoms with Gasteiger partial charge < -0.3 is 9.15 Å². The lowest BCUT2D eigenvalue weighted by Crippen LogP contribution is -2.00. The van der Waals surface area contributed by atoms with Crippen LogP contribution in [0.15, 0.2) is 59.2 Å². The Labute approximate surface area is 110 Å². The van der Waals surface area contributed by atoms with Crippen molar-refractivity contribution in [3.05, 3.63) is 60.4 Å². The molecule has 0 aliphatic carbocycles. The van der Waals surface area contributed by atoms with Gasteiger partial charge >= 0.3 is 5.97 Å². The first kappa shape index (κ1) is 11.5. The second kappa shape index (κ2) is 4.61. The second-order valence-corrected chi connectivity index (χ2v) is 4.22. The highest BCUT2D eigenvalue weighted by molar-refractivity contribution is 5.99. The van der Waals surface area contributed by atoms with Crippen molar-refractivity contribution in [2.45, 2.75) is 0 Å². The van der Waals surface area contributed by atoms with Gasteiger partial charge in [-0.3, -0.25) is 0 Å². The van der Waals surface area contributed by atoms with E-state index in [4.69, 9.17) is 9.15 Å². The summed E-state index contributed by atoms with van der Waals surface area (Å²) >= 11 is 0. The maximum Gasteiger partial charge on any atom is 0.337 e. The summed E-state index contributed by atoms with van der Waals surface area (Å²) in [5, 5.41) is 0.911. The molecule has 0 amide bonds. The zero-order valence-electron chi connectivity index (χ0n) is 10.4. The average Bonchev–Trinajstić information content (AvgIpc) is 2.90. The first-order valence-electron chi connectivity index (χ1n) is 5.94. The van der Waals surface area contributed by atoms with Gasteiger partial charge in [-0.1, -0.05) is 30.3 Å². The number of rotatable bonds is 2. The van der Waals surface area contributed by atoms with Crippen LogP contribution in [0.1, 0.15) is 10.4 Å². The fourth-order valence-corrected chi connectivity index (χ4v) is 2.12. The van der Waals surface area contributed by atoms with Crippen molar-refractivity contribution < 1.29 is 13.9 Å². The lowest BCUT2D eigenvalue weighted by atomic mass is 10.0. The van der Waals surface area contributed by atoms with Crippen LogP contribution in [0.2, 0.25) is 0 Å². The molecule has 0 bridgehead atoms. The van der Waals surface area contributed by atoms with Crippen LogP contribution in [0.5, 0.6) is 0 Å². The molecule has 0 atom stereocenters. The molecular formula is C16H12O3. The fraction of sp³-hybridized carbons (Fsp3) is 0.0625. The Kier molecular flexibility index (Phi) is 2.80. The third-order valence-electron chi connectivity index (χ3n) is 3.08. The Balaban J connectivity index is 2.19. The second-order valence-electron chi connectivity index (χ2n) is 4.22. The molecule has 0 radical (unpaired) electrons. The molecule has 19 heavy (non-hydrogen) atoms. The molecule has 2 aromatic carbocycles. The molecule has 0 aliphatic rings. The van der Waals surface area contributed by atoms with Gasteiger partial charge in [0.15, 0.2) is 0 Å². The quantitative estimate of drug-likeness (QED) is 0.649. The number of benzene rings is 2. The van der Waals surface area contributed by atoms with E-state index in [1.54, 1.807) is 24.5 Å². The molecule has 3 rings (SSSR count). The molecule has 1 aromatic heterocycles. The van der Waals surface area contributed by atoms with E-state index in [1.807, 2.05) is 30.3 Å². The van der Waals surface area contributed by atoms with Crippen LogP contribution in [0.25, 0.3) is 22.1 Å². The van der Waals surface area contributed by atoms with Crippen LogP contribution in [0.4, 0.5) is 0 Å². The van der Waals surface area contributed by atoms with Gasteiger partial charge in [-0.05, 0) is 23.8 Å². The fourth-order valence-electron chi connectivity index (χ4n) is 2.12. The van der Waals surface area contributed by atoms with Gasteiger partial charge in [0.25, 0.3) is 0 Å². The minimum absolute atomic E-state index is 0.345. The van der Waals surface area contributed by atoms with Crippen molar-refractivity contribution >= 4 is 16.9 Å². The molecule has 1 heterocycles. The van der Waals surface area contributed by atoms with E-state index in [0.29, 0.717) is 5.56 Å². The molecule has 0 N–H and O–H groups in total. The van der Waals surface area contributed by atoms with Crippen molar-refractivity contribution in [1.82, 2.24) is 0 Å². The average molecular weight is 252 g/mol. The predicted octanol–water partition coefficient (Wildman–Crippen LogP) is 3.89. The number of fused-ring (bicyclic) bond motifs is 1. The topological polar surface area (TPSA) is 39.4 Å². The molecule has 0 spiro atoms. The van der Waals surface area contributed by atoms with E-state index in [2.05, 4.69) is 0 Å². The SMILES string of the molecule is COC(=O)c1ccc2occ(-c3ccccc3)c2c1. The summed E-state index contributed by atoms with van der Waals surface area (Å²) in [6.45, 7) is 0. The Morgan fingerprint density at radius 1 is 1.11 bits per heavy atom. The minimum atomic E-state index is -0.345. The van der Waals surface area contributed by atoms with Gasteiger partial charge in [0.1, 0.15) is 5.58 Å². The summed E-state index contributed by atoms with van der Waals surface area (Å²) in [6.07, 6.45) is 1.71. The van der Waals surface area contributed by atoms with Gasteiger partial charge in [0, 0.05) is 10.9 Å². The monoisotopic (exact) mass is 252 g/mol. The third-order valence-corrected chi connectivity index (χ3v) is 3.08. The molecule has 0 aliphatic heterocycles. The predicted molar refractivity (Wildman–Crippen MR) is 73.0 cm³/mol. The minimum Gasteiger partial charge on any atom is -0.465 e. The molecular weight excluding hydrogens is 240 g/mol.